The van der Waals surface area contributed by atoms with E-state index in [1.54, 1.807) is 0 Å². The minimum atomic E-state index is -1.83. The maximum absolute atomic E-state index is 8.56. The van der Waals surface area contributed by atoms with Crippen molar-refractivity contribution in [2.75, 3.05) is 7.11 Å². The summed E-state index contributed by atoms with van der Waals surface area (Å²) >= 11 is 0. The summed E-state index contributed by atoms with van der Waals surface area (Å²) in [7, 11) is 1.27. The topological polar surface area (TPSA) is 172 Å². The van der Waals surface area contributed by atoms with E-state index in [1.165, 1.54) is 21.0 Å². The summed E-state index contributed by atoms with van der Waals surface area (Å²) in [5.41, 5.74) is 0. The predicted octanol–water partition coefficient (Wildman–Crippen LogP) is 1.17. The molecule has 0 aromatic rings. The van der Waals surface area contributed by atoms with Gasteiger partial charge < -0.3 is 20.4 Å². The van der Waals surface area contributed by atoms with Crippen molar-refractivity contribution in [1.82, 2.24) is 0 Å². The lowest BCUT2D eigenvalue weighted by Gasteiger charge is -2.16. The number of carbonyl (C=O) groups is 2. The van der Waals surface area contributed by atoms with Crippen LogP contribution in [0.25, 0.3) is 0 Å². The first-order valence-corrected chi connectivity index (χ1v) is 3.64. The van der Waals surface area contributed by atoms with Crippen molar-refractivity contribution >= 4 is 12.3 Å². The molecule has 11 heteroatoms. The fraction of sp³-hybridized carbons (Fsp3) is 0.667. The van der Waals surface area contributed by atoms with Crippen LogP contribution in [0.4, 0.5) is 9.59 Å². The maximum Gasteiger partial charge on any atom is 0.503 e. The van der Waals surface area contributed by atoms with Crippen molar-refractivity contribution in [3.8, 4) is 0 Å². The molecule has 0 atom stereocenters. The summed E-state index contributed by atoms with van der Waals surface area (Å²) < 4.78 is 0. The highest BCUT2D eigenvalue weighted by Gasteiger charge is 2.20. The molecule has 104 valence electrons. The van der Waals surface area contributed by atoms with E-state index in [1.807, 2.05) is 0 Å². The average molecular weight is 262 g/mol. The van der Waals surface area contributed by atoms with Gasteiger partial charge in [-0.15, -0.1) is 0 Å². The van der Waals surface area contributed by atoms with E-state index in [-0.39, 0.29) is 0 Å². The molecule has 0 bridgehead atoms. The smallest absolute Gasteiger partial charge is 0.450 e. The molecule has 0 unspecified atom stereocenters. The summed E-state index contributed by atoms with van der Waals surface area (Å²) in [5.74, 6) is -1.20. The van der Waals surface area contributed by atoms with E-state index in [4.69, 9.17) is 35.3 Å². The molecule has 0 aromatic heterocycles. The van der Waals surface area contributed by atoms with Gasteiger partial charge in [-0.1, -0.05) is 5.04 Å². The van der Waals surface area contributed by atoms with Gasteiger partial charge in [-0.05, 0) is 13.8 Å². The Balaban J connectivity index is -0.000000205. The lowest BCUT2D eigenvalue weighted by Crippen LogP contribution is -2.26. The quantitative estimate of drug-likeness (QED) is 0.279. The first-order chi connectivity index (χ1) is 7.59. The molecule has 0 saturated carbocycles. The molecular formula is C6H14O11. The zero-order chi connectivity index (χ0) is 14.5. The summed E-state index contributed by atoms with van der Waals surface area (Å²) in [6, 6.07) is 0. The van der Waals surface area contributed by atoms with Crippen molar-refractivity contribution in [2.45, 2.75) is 19.6 Å². The third kappa shape index (κ3) is 54.3. The largest absolute Gasteiger partial charge is 0.503 e. The van der Waals surface area contributed by atoms with Crippen molar-refractivity contribution in [3.05, 3.63) is 0 Å². The Bertz CT molecular complexity index is 180. The second kappa shape index (κ2) is 12.4. The summed E-state index contributed by atoms with van der Waals surface area (Å²) in [4.78, 5) is 29.3. The predicted molar refractivity (Wildman–Crippen MR) is 48.3 cm³/mol. The van der Waals surface area contributed by atoms with Crippen LogP contribution in [0.15, 0.2) is 0 Å². The Labute approximate surface area is 95.1 Å². The second-order valence-corrected chi connectivity index (χ2v) is 2.37. The fourth-order valence-corrected chi connectivity index (χ4v) is 0.131. The first kappa shape index (κ1) is 20.7. The molecule has 11 nitrogen and oxygen atoms in total. The van der Waals surface area contributed by atoms with E-state index < -0.39 is 18.1 Å². The van der Waals surface area contributed by atoms with Crippen LogP contribution >= 0.6 is 0 Å². The van der Waals surface area contributed by atoms with Crippen LogP contribution in [0.1, 0.15) is 13.8 Å². The third-order valence-electron chi connectivity index (χ3n) is 0.523. The van der Waals surface area contributed by atoms with E-state index in [0.29, 0.717) is 0 Å². The van der Waals surface area contributed by atoms with Crippen molar-refractivity contribution in [3.63, 3.8) is 0 Å². The highest BCUT2D eigenvalue weighted by atomic mass is 17.5. The van der Waals surface area contributed by atoms with Crippen LogP contribution in [-0.4, -0.2) is 50.9 Å². The fourth-order valence-electron chi connectivity index (χ4n) is 0.131. The average Bonchev–Trinajstić information content (AvgIpc) is 2.13. The summed E-state index contributed by atoms with van der Waals surface area (Å²) in [6.45, 7) is 2.90. The van der Waals surface area contributed by atoms with E-state index >= 15 is 0 Å². The van der Waals surface area contributed by atoms with Gasteiger partial charge in [0.25, 0.3) is 0 Å². The number of hydrogen-bond acceptors (Lipinski definition) is 7. The van der Waals surface area contributed by atoms with E-state index in [0.717, 1.165) is 0 Å². The monoisotopic (exact) mass is 262 g/mol. The highest BCUT2D eigenvalue weighted by molar-refractivity contribution is 5.53. The lowest BCUT2D eigenvalue weighted by atomic mass is 10.4. The standard InChI is InChI=1S/C4H10O5.2CH2O3/c1-4(2,7-5)8-9-6-3;2*2-1(3)4/h5H,1-3H3;2*(H2,2,3,4). The van der Waals surface area contributed by atoms with Crippen LogP contribution in [0.2, 0.25) is 0 Å². The van der Waals surface area contributed by atoms with Gasteiger partial charge in [0.1, 0.15) is 0 Å². The number of hydrogen-bond donors (Lipinski definition) is 5. The van der Waals surface area contributed by atoms with Crippen LogP contribution in [-0.2, 0) is 19.7 Å². The Kier molecular flexibility index (Phi) is 15.1. The third-order valence-corrected chi connectivity index (χ3v) is 0.523. The molecule has 0 fully saturated rings. The molecule has 0 radical (unpaired) electrons. The van der Waals surface area contributed by atoms with Crippen molar-refractivity contribution < 1.29 is 55.0 Å². The van der Waals surface area contributed by atoms with Crippen LogP contribution in [0, 0.1) is 0 Å². The Morgan fingerprint density at radius 1 is 1.00 bits per heavy atom. The van der Waals surface area contributed by atoms with Crippen molar-refractivity contribution in [2.24, 2.45) is 0 Å². The normalized spacial score (nSPS) is 9.18. The first-order valence-electron chi connectivity index (χ1n) is 3.64. The molecule has 17 heavy (non-hydrogen) atoms. The van der Waals surface area contributed by atoms with Gasteiger partial charge in [-0.25, -0.2) is 24.6 Å². The number of carboxylic acid groups (broad SMARTS) is 4. The molecule has 0 saturated heterocycles. The Morgan fingerprint density at radius 3 is 1.47 bits per heavy atom. The summed E-state index contributed by atoms with van der Waals surface area (Å²) in [5, 5.41) is 40.0. The molecule has 0 rings (SSSR count). The zero-order valence-corrected chi connectivity index (χ0v) is 9.19. The second-order valence-electron chi connectivity index (χ2n) is 2.37. The van der Waals surface area contributed by atoms with Gasteiger partial charge in [0, 0.05) is 0 Å². The van der Waals surface area contributed by atoms with Crippen molar-refractivity contribution in [1.29, 1.82) is 0 Å². The minimum Gasteiger partial charge on any atom is -0.450 e. The highest BCUT2D eigenvalue weighted by Crippen LogP contribution is 2.08. The van der Waals surface area contributed by atoms with Gasteiger partial charge >= 0.3 is 12.3 Å². The molecule has 5 N–H and O–H groups in total. The SMILES string of the molecule is COOOC(C)(C)OO.O=C(O)O.O=C(O)O. The molecule has 0 aliphatic rings. The van der Waals surface area contributed by atoms with Gasteiger partial charge in [-0.3, -0.25) is 0 Å². The Morgan fingerprint density at radius 2 is 1.29 bits per heavy atom. The summed E-state index contributed by atoms with van der Waals surface area (Å²) in [6.07, 6.45) is -3.67. The maximum atomic E-state index is 8.56. The molecule has 0 aliphatic heterocycles. The molecular weight excluding hydrogens is 248 g/mol. The van der Waals surface area contributed by atoms with E-state index in [9.17, 15) is 0 Å². The lowest BCUT2D eigenvalue weighted by molar-refractivity contribution is -0.586. The van der Waals surface area contributed by atoms with Crippen LogP contribution < -0.4 is 0 Å². The van der Waals surface area contributed by atoms with Gasteiger partial charge in [0.15, 0.2) is 0 Å². The minimum absolute atomic E-state index is 1.20. The van der Waals surface area contributed by atoms with Gasteiger partial charge in [0.05, 0.1) is 7.11 Å². The molecule has 0 aliphatic carbocycles. The van der Waals surface area contributed by atoms with Gasteiger partial charge in [-0.2, -0.15) is 4.89 Å². The van der Waals surface area contributed by atoms with Crippen LogP contribution in [0.3, 0.4) is 0 Å². The van der Waals surface area contributed by atoms with Crippen LogP contribution in [0.5, 0.6) is 0 Å². The molecule has 0 heterocycles. The molecule has 0 aromatic carbocycles. The molecule has 0 amide bonds. The van der Waals surface area contributed by atoms with E-state index in [2.05, 4.69) is 19.7 Å². The Hall–Kier alpha value is -1.66. The number of rotatable bonds is 4. The van der Waals surface area contributed by atoms with Gasteiger partial charge in [0.2, 0.25) is 5.79 Å². The molecule has 0 spiro atoms. The zero-order valence-electron chi connectivity index (χ0n) is 9.19.